The normalized spacial score (nSPS) is 18.1. The van der Waals surface area contributed by atoms with Crippen LogP contribution in [0.25, 0.3) is 10.1 Å². The fraction of sp³-hybridized carbons (Fsp3) is 0.222. The lowest BCUT2D eigenvalue weighted by molar-refractivity contribution is 0.590. The second-order valence-electron chi connectivity index (χ2n) is 5.41. The second-order valence-corrected chi connectivity index (χ2v) is 6.22. The van der Waals surface area contributed by atoms with Crippen molar-refractivity contribution in [2.24, 2.45) is 0 Å². The van der Waals surface area contributed by atoms with Gasteiger partial charge in [0.05, 0.1) is 18.0 Å². The van der Waals surface area contributed by atoms with E-state index in [9.17, 15) is 0 Å². The molecule has 102 valence electrons. The number of nitrogens with one attached hydrogen (secondary N) is 1. The summed E-state index contributed by atoms with van der Waals surface area (Å²) in [6.07, 6.45) is 0. The van der Waals surface area contributed by atoms with Gasteiger partial charge in [0.25, 0.3) is 0 Å². The largest absolute Gasteiger partial charge is 0.354 e. The van der Waals surface area contributed by atoms with E-state index in [4.69, 9.17) is 12.3 Å². The summed E-state index contributed by atoms with van der Waals surface area (Å²) in [4.78, 5) is 0. The molecular formula is C18H19NS. The van der Waals surface area contributed by atoms with Gasteiger partial charge >= 0.3 is 0 Å². The molecule has 0 bridgehead atoms. The lowest BCUT2D eigenvalue weighted by Crippen LogP contribution is -2.10. The molecule has 3 rings (SSSR count). The molecule has 1 aromatic heterocycles. The van der Waals surface area contributed by atoms with E-state index in [1.807, 2.05) is 0 Å². The maximum Gasteiger partial charge on any atom is 0.0762 e. The van der Waals surface area contributed by atoms with Crippen LogP contribution in [-0.4, -0.2) is 0 Å². The van der Waals surface area contributed by atoms with E-state index in [0.717, 1.165) is 11.3 Å². The van der Waals surface area contributed by atoms with Crippen LogP contribution in [0.2, 0.25) is 0 Å². The van der Waals surface area contributed by atoms with Gasteiger partial charge in [0.15, 0.2) is 0 Å². The van der Waals surface area contributed by atoms with Crippen LogP contribution in [0.5, 0.6) is 0 Å². The smallest absolute Gasteiger partial charge is 0.0762 e. The second kappa shape index (κ2) is 4.95. The van der Waals surface area contributed by atoms with Crippen LogP contribution < -0.4 is 5.32 Å². The molecule has 0 aliphatic rings. The number of fused-ring (bicyclic) bond motifs is 1. The molecule has 0 saturated carbocycles. The van der Waals surface area contributed by atoms with Crippen LogP contribution in [-0.2, 0) is 5.41 Å². The van der Waals surface area contributed by atoms with Crippen molar-refractivity contribution in [3.05, 3.63) is 59.3 Å². The molecule has 0 saturated heterocycles. The van der Waals surface area contributed by atoms with Gasteiger partial charge in [0.1, 0.15) is 0 Å². The van der Waals surface area contributed by atoms with Crippen molar-refractivity contribution in [1.82, 2.24) is 0 Å². The number of thiophene rings is 1. The molecule has 1 heterocycles. The van der Waals surface area contributed by atoms with Crippen LogP contribution in [0.3, 0.4) is 0 Å². The van der Waals surface area contributed by atoms with Gasteiger partial charge < -0.3 is 5.32 Å². The monoisotopic (exact) mass is 290 g/mol. The highest BCUT2D eigenvalue weighted by molar-refractivity contribution is 7.17. The zero-order valence-corrected chi connectivity index (χ0v) is 12.2. The van der Waals surface area contributed by atoms with E-state index in [2.05, 4.69) is 5.32 Å². The van der Waals surface area contributed by atoms with Gasteiger partial charge in [-0.2, -0.15) is 0 Å². The van der Waals surface area contributed by atoms with Gasteiger partial charge in [-0.05, 0) is 29.1 Å². The van der Waals surface area contributed by atoms with Crippen molar-refractivity contribution in [2.75, 3.05) is 5.32 Å². The first-order valence-electron chi connectivity index (χ1n) is 10.7. The minimum Gasteiger partial charge on any atom is -0.354 e. The summed E-state index contributed by atoms with van der Waals surface area (Å²) in [6, 6.07) is -2.37. The summed E-state index contributed by atoms with van der Waals surface area (Å²) < 4.78 is 73.6. The average molecular weight is 290 g/mol. The molecule has 1 N–H and O–H groups in total. The zero-order valence-electron chi connectivity index (χ0n) is 20.4. The SMILES string of the molecule is [2H]c1sc2c([2H])c([2H])c([2H])c([2H])c2c1Nc1c([2H])c([2H])c(C(C)(C)C)c([2H])c1[2H]. The Hall–Kier alpha value is -1.80. The third kappa shape index (κ3) is 2.56. The van der Waals surface area contributed by atoms with Gasteiger partial charge in [-0.3, -0.25) is 0 Å². The summed E-state index contributed by atoms with van der Waals surface area (Å²) in [5.74, 6) is 0. The molecule has 0 fully saturated rings. The quantitative estimate of drug-likeness (QED) is 0.615. The van der Waals surface area contributed by atoms with Crippen molar-refractivity contribution in [2.45, 2.75) is 26.2 Å². The number of anilines is 2. The molecule has 0 atom stereocenters. The molecule has 0 aliphatic heterocycles. The first kappa shape index (κ1) is 6.31. The highest BCUT2D eigenvalue weighted by atomic mass is 32.1. The summed E-state index contributed by atoms with van der Waals surface area (Å²) in [6.45, 7) is 5.40. The standard InChI is InChI=1S/C18H19NS/c1-18(2,3)13-8-10-14(11-9-13)19-16-12-20-17-7-5-4-6-15(16)17/h4-12,19H,1-3H3/i4D,5D,6D,7D,8D,9D,10D,11D,12D. The van der Waals surface area contributed by atoms with Crippen LogP contribution in [0.4, 0.5) is 11.4 Å². The molecule has 20 heavy (non-hydrogen) atoms. The Balaban J connectivity index is 2.30. The number of rotatable bonds is 2. The zero-order chi connectivity index (χ0) is 22.0. The molecule has 3 aromatic rings. The van der Waals surface area contributed by atoms with E-state index in [-0.39, 0.29) is 68.6 Å². The average Bonchev–Trinajstić information content (AvgIpc) is 2.95. The molecule has 1 nitrogen and oxygen atoms in total. The summed E-state index contributed by atoms with van der Waals surface area (Å²) in [5.41, 5.74) is -0.413. The third-order valence-corrected chi connectivity index (χ3v) is 3.60. The molecule has 0 aliphatic carbocycles. The van der Waals surface area contributed by atoms with Crippen molar-refractivity contribution in [3.63, 3.8) is 0 Å². The molecule has 0 amide bonds. The molecule has 0 spiro atoms. The van der Waals surface area contributed by atoms with E-state index in [1.165, 1.54) is 0 Å². The van der Waals surface area contributed by atoms with E-state index in [0.29, 0.717) is 0 Å². The first-order chi connectivity index (χ1) is 13.3. The van der Waals surface area contributed by atoms with Crippen LogP contribution >= 0.6 is 11.3 Å². The predicted octanol–water partition coefficient (Wildman–Crippen LogP) is 5.94. The third-order valence-electron chi connectivity index (χ3n) is 2.78. The van der Waals surface area contributed by atoms with Crippen molar-refractivity contribution >= 4 is 32.8 Å². The summed E-state index contributed by atoms with van der Waals surface area (Å²) in [5, 5.41) is 2.79. The minimum absolute atomic E-state index is 0.0429. The highest BCUT2D eigenvalue weighted by Crippen LogP contribution is 2.32. The predicted molar refractivity (Wildman–Crippen MR) is 90.2 cm³/mol. The molecule has 0 unspecified atom stereocenters. The molecular weight excluding hydrogens is 262 g/mol. The van der Waals surface area contributed by atoms with Crippen LogP contribution in [0, 0.1) is 0 Å². The Morgan fingerprint density at radius 2 is 1.70 bits per heavy atom. The van der Waals surface area contributed by atoms with E-state index in [1.54, 1.807) is 20.8 Å². The van der Waals surface area contributed by atoms with Gasteiger partial charge in [0.2, 0.25) is 0 Å². The number of hydrogen-bond donors (Lipinski definition) is 1. The Labute approximate surface area is 136 Å². The van der Waals surface area contributed by atoms with Gasteiger partial charge in [-0.25, -0.2) is 0 Å². The Bertz CT molecular complexity index is 1130. The Morgan fingerprint density at radius 1 is 1.00 bits per heavy atom. The summed E-state index contributed by atoms with van der Waals surface area (Å²) in [7, 11) is 0. The maximum atomic E-state index is 8.34. The number of benzene rings is 2. The first-order valence-corrected chi connectivity index (χ1v) is 6.97. The van der Waals surface area contributed by atoms with Crippen LogP contribution in [0.15, 0.2) is 53.7 Å². The fourth-order valence-corrected chi connectivity index (χ4v) is 2.38. The molecule has 2 heteroatoms. The van der Waals surface area contributed by atoms with Crippen molar-refractivity contribution in [1.29, 1.82) is 0 Å². The lowest BCUT2D eigenvalue weighted by atomic mass is 9.87. The van der Waals surface area contributed by atoms with E-state index >= 15 is 0 Å². The van der Waals surface area contributed by atoms with E-state index < -0.39 is 17.5 Å². The molecule has 2 aromatic carbocycles. The highest BCUT2D eigenvalue weighted by Gasteiger charge is 2.13. The fourth-order valence-electron chi connectivity index (χ4n) is 1.67. The summed E-state index contributed by atoms with van der Waals surface area (Å²) >= 11 is 0.866. The topological polar surface area (TPSA) is 12.0 Å². The Kier molecular flexibility index (Phi) is 1.56. The Morgan fingerprint density at radius 3 is 2.40 bits per heavy atom. The number of hydrogen-bond acceptors (Lipinski definition) is 2. The van der Waals surface area contributed by atoms with Crippen molar-refractivity contribution in [3.8, 4) is 0 Å². The molecule has 0 radical (unpaired) electrons. The van der Waals surface area contributed by atoms with Gasteiger partial charge in [0, 0.05) is 21.1 Å². The van der Waals surface area contributed by atoms with Crippen molar-refractivity contribution < 1.29 is 12.3 Å². The van der Waals surface area contributed by atoms with Gasteiger partial charge in [-0.1, -0.05) is 51.0 Å². The van der Waals surface area contributed by atoms with Gasteiger partial charge in [-0.15, -0.1) is 11.3 Å². The maximum absolute atomic E-state index is 8.34. The minimum atomic E-state index is -0.604. The lowest BCUT2D eigenvalue weighted by Gasteiger charge is -2.19. The van der Waals surface area contributed by atoms with Crippen LogP contribution in [0.1, 0.15) is 38.7 Å².